The number of benzene rings is 2. The summed E-state index contributed by atoms with van der Waals surface area (Å²) in [7, 11) is 0. The van der Waals surface area contributed by atoms with E-state index in [-0.39, 0.29) is 11.9 Å². The highest BCUT2D eigenvalue weighted by molar-refractivity contribution is 5.36. The monoisotopic (exact) mass is 393 g/mol. The maximum Gasteiger partial charge on any atom is 0.126 e. The van der Waals surface area contributed by atoms with Gasteiger partial charge in [0.25, 0.3) is 0 Å². The Morgan fingerprint density at radius 2 is 1.48 bits per heavy atom. The lowest BCUT2D eigenvalue weighted by Crippen LogP contribution is -2.25. The Balaban J connectivity index is 1.66. The van der Waals surface area contributed by atoms with Gasteiger partial charge in [-0.3, -0.25) is 0 Å². The van der Waals surface area contributed by atoms with Gasteiger partial charge in [0, 0.05) is 18.0 Å². The maximum absolute atomic E-state index is 13.8. The molecule has 0 heterocycles. The second-order valence-electron chi connectivity index (χ2n) is 7.98. The number of halogens is 1. The summed E-state index contributed by atoms with van der Waals surface area (Å²) in [5.41, 5.74) is 9.13. The predicted molar refractivity (Wildman–Crippen MR) is 122 cm³/mol. The van der Waals surface area contributed by atoms with Crippen LogP contribution in [0.2, 0.25) is 0 Å². The van der Waals surface area contributed by atoms with Crippen molar-refractivity contribution in [1.82, 2.24) is 0 Å². The lowest BCUT2D eigenvalue weighted by atomic mass is 9.99. The van der Waals surface area contributed by atoms with Crippen molar-refractivity contribution in [2.24, 2.45) is 5.73 Å². The topological polar surface area (TPSA) is 26.0 Å². The average Bonchev–Trinajstić information content (AvgIpc) is 2.72. The number of hydrogen-bond donors (Lipinski definition) is 1. The Morgan fingerprint density at radius 3 is 2.17 bits per heavy atom. The highest BCUT2D eigenvalue weighted by Gasteiger charge is 2.08. The van der Waals surface area contributed by atoms with Gasteiger partial charge < -0.3 is 5.73 Å². The zero-order chi connectivity index (χ0) is 20.7. The number of hydrogen-bond acceptors (Lipinski definition) is 1. The molecule has 156 valence electrons. The van der Waals surface area contributed by atoms with E-state index in [1.165, 1.54) is 63.0 Å². The molecule has 0 bridgehead atoms. The molecule has 2 rings (SSSR count). The molecular weight excluding hydrogens is 357 g/mol. The van der Waals surface area contributed by atoms with Crippen LogP contribution in [0.15, 0.2) is 48.5 Å². The van der Waals surface area contributed by atoms with E-state index < -0.39 is 0 Å². The molecule has 0 fully saturated rings. The second kappa shape index (κ2) is 14.0. The molecule has 0 saturated heterocycles. The third kappa shape index (κ3) is 9.77. The van der Waals surface area contributed by atoms with Gasteiger partial charge in [-0.15, -0.1) is 0 Å². The fourth-order valence-corrected chi connectivity index (χ4v) is 3.56. The van der Waals surface area contributed by atoms with Crippen molar-refractivity contribution in [2.75, 3.05) is 0 Å². The Morgan fingerprint density at radius 1 is 0.828 bits per heavy atom. The largest absolute Gasteiger partial charge is 0.327 e. The SMILES string of the molecule is CCCCCCCCCCC#Cc1ccc(CC(N)Cc2ccccc2F)cc1. The second-order valence-corrected chi connectivity index (χ2v) is 7.98. The van der Waals surface area contributed by atoms with Crippen LogP contribution < -0.4 is 5.73 Å². The Hall–Kier alpha value is -2.11. The lowest BCUT2D eigenvalue weighted by molar-refractivity contribution is 0.579. The van der Waals surface area contributed by atoms with Gasteiger partial charge in [-0.05, 0) is 48.6 Å². The zero-order valence-corrected chi connectivity index (χ0v) is 17.9. The summed E-state index contributed by atoms with van der Waals surface area (Å²) in [4.78, 5) is 0. The van der Waals surface area contributed by atoms with Crippen molar-refractivity contribution in [3.63, 3.8) is 0 Å². The minimum Gasteiger partial charge on any atom is -0.327 e. The van der Waals surface area contributed by atoms with Crippen LogP contribution in [-0.2, 0) is 12.8 Å². The molecule has 0 saturated carbocycles. The van der Waals surface area contributed by atoms with Gasteiger partial charge in [-0.25, -0.2) is 4.39 Å². The smallest absolute Gasteiger partial charge is 0.126 e. The molecule has 0 aliphatic heterocycles. The van der Waals surface area contributed by atoms with E-state index in [0.29, 0.717) is 12.0 Å². The van der Waals surface area contributed by atoms with Gasteiger partial charge >= 0.3 is 0 Å². The summed E-state index contributed by atoms with van der Waals surface area (Å²) in [6.45, 7) is 2.26. The summed E-state index contributed by atoms with van der Waals surface area (Å²) < 4.78 is 13.8. The van der Waals surface area contributed by atoms with E-state index in [2.05, 4.69) is 43.0 Å². The van der Waals surface area contributed by atoms with Crippen LogP contribution in [0.3, 0.4) is 0 Å². The molecule has 29 heavy (non-hydrogen) atoms. The molecule has 0 aliphatic carbocycles. The van der Waals surface area contributed by atoms with Gasteiger partial charge in [0.2, 0.25) is 0 Å². The predicted octanol–water partition coefficient (Wildman–Crippen LogP) is 6.82. The first-order valence-corrected chi connectivity index (χ1v) is 11.3. The molecule has 0 radical (unpaired) electrons. The van der Waals surface area contributed by atoms with Gasteiger partial charge in [0.1, 0.15) is 5.82 Å². The van der Waals surface area contributed by atoms with Crippen molar-refractivity contribution in [3.05, 3.63) is 71.0 Å². The van der Waals surface area contributed by atoms with Crippen LogP contribution in [0, 0.1) is 17.7 Å². The van der Waals surface area contributed by atoms with Crippen molar-refractivity contribution in [2.45, 2.75) is 83.6 Å². The fourth-order valence-electron chi connectivity index (χ4n) is 3.56. The van der Waals surface area contributed by atoms with E-state index >= 15 is 0 Å². The maximum atomic E-state index is 13.8. The minimum absolute atomic E-state index is 0.0918. The van der Waals surface area contributed by atoms with E-state index in [9.17, 15) is 4.39 Å². The van der Waals surface area contributed by atoms with Crippen LogP contribution in [0.5, 0.6) is 0 Å². The molecule has 0 aromatic heterocycles. The van der Waals surface area contributed by atoms with Crippen LogP contribution in [0.4, 0.5) is 4.39 Å². The highest BCUT2D eigenvalue weighted by atomic mass is 19.1. The normalized spacial score (nSPS) is 11.7. The summed E-state index contributed by atoms with van der Waals surface area (Å²) in [5, 5.41) is 0. The van der Waals surface area contributed by atoms with Gasteiger partial charge in [-0.1, -0.05) is 94.0 Å². The van der Waals surface area contributed by atoms with Crippen LogP contribution >= 0.6 is 0 Å². The molecular formula is C27H36FN. The lowest BCUT2D eigenvalue weighted by Gasteiger charge is -2.12. The minimum atomic E-state index is -0.176. The Labute approximate surface area is 176 Å². The van der Waals surface area contributed by atoms with Crippen molar-refractivity contribution < 1.29 is 4.39 Å². The third-order valence-electron chi connectivity index (χ3n) is 5.28. The molecule has 2 heteroatoms. The number of nitrogens with two attached hydrogens (primary N) is 1. The summed E-state index contributed by atoms with van der Waals surface area (Å²) in [6.07, 6.45) is 12.9. The Kier molecular flexibility index (Phi) is 11.2. The van der Waals surface area contributed by atoms with E-state index in [4.69, 9.17) is 5.73 Å². The van der Waals surface area contributed by atoms with E-state index in [1.807, 2.05) is 6.07 Å². The number of rotatable bonds is 12. The molecule has 2 aromatic carbocycles. The van der Waals surface area contributed by atoms with Crippen LogP contribution in [0.1, 0.15) is 81.4 Å². The highest BCUT2D eigenvalue weighted by Crippen LogP contribution is 2.12. The quantitative estimate of drug-likeness (QED) is 0.311. The van der Waals surface area contributed by atoms with Gasteiger partial charge in [-0.2, -0.15) is 0 Å². The summed E-state index contributed by atoms with van der Waals surface area (Å²) >= 11 is 0. The van der Waals surface area contributed by atoms with Crippen molar-refractivity contribution in [3.8, 4) is 11.8 Å². The molecule has 1 unspecified atom stereocenters. The van der Waals surface area contributed by atoms with E-state index in [1.54, 1.807) is 12.1 Å². The van der Waals surface area contributed by atoms with Gasteiger partial charge in [0.05, 0.1) is 0 Å². The first-order valence-electron chi connectivity index (χ1n) is 11.3. The average molecular weight is 394 g/mol. The zero-order valence-electron chi connectivity index (χ0n) is 17.9. The summed E-state index contributed by atoms with van der Waals surface area (Å²) in [6, 6.07) is 15.1. The fraction of sp³-hybridized carbons (Fsp3) is 0.481. The molecule has 0 spiro atoms. The molecule has 0 aliphatic rings. The summed E-state index contributed by atoms with van der Waals surface area (Å²) in [5.74, 6) is 6.38. The third-order valence-corrected chi connectivity index (χ3v) is 5.28. The van der Waals surface area contributed by atoms with E-state index in [0.717, 1.165) is 18.4 Å². The van der Waals surface area contributed by atoms with Gasteiger partial charge in [0.15, 0.2) is 0 Å². The Bertz CT molecular complexity index is 754. The molecule has 2 N–H and O–H groups in total. The molecule has 1 nitrogen and oxygen atoms in total. The first kappa shape index (κ1) is 23.2. The van der Waals surface area contributed by atoms with Crippen molar-refractivity contribution >= 4 is 0 Å². The first-order chi connectivity index (χ1) is 14.2. The van der Waals surface area contributed by atoms with Crippen molar-refractivity contribution in [1.29, 1.82) is 0 Å². The van der Waals surface area contributed by atoms with Crippen LogP contribution in [-0.4, -0.2) is 6.04 Å². The standard InChI is InChI=1S/C27H36FN/c1-2-3-4-5-6-7-8-9-10-11-14-23-17-19-24(20-18-23)21-26(29)22-25-15-12-13-16-27(25)28/h12-13,15-20,26H,2-10,21-22,29H2,1H3. The molecule has 2 aromatic rings. The van der Waals surface area contributed by atoms with Crippen LogP contribution in [0.25, 0.3) is 0 Å². The number of unbranched alkanes of at least 4 members (excludes halogenated alkanes) is 8. The molecule has 1 atom stereocenters. The molecule has 0 amide bonds.